The highest BCUT2D eigenvalue weighted by Crippen LogP contribution is 2.45. The van der Waals surface area contributed by atoms with Crippen LogP contribution in [0, 0.1) is 0 Å². The van der Waals surface area contributed by atoms with Gasteiger partial charge in [-0.1, -0.05) is 6.92 Å². The van der Waals surface area contributed by atoms with E-state index >= 15 is 0 Å². The number of methoxy groups -OCH3 is 3. The van der Waals surface area contributed by atoms with Gasteiger partial charge in [0.15, 0.2) is 11.5 Å². The summed E-state index contributed by atoms with van der Waals surface area (Å²) in [7, 11) is 4.96. The van der Waals surface area contributed by atoms with E-state index in [0.717, 1.165) is 34.6 Å². The van der Waals surface area contributed by atoms with Gasteiger partial charge in [-0.25, -0.2) is 0 Å². The van der Waals surface area contributed by atoms with Gasteiger partial charge in [0.05, 0.1) is 21.3 Å². The molecule has 0 fully saturated rings. The number of fused-ring (bicyclic) bond motifs is 1. The maximum atomic E-state index is 6.41. The number of rotatable bonds is 5. The molecule has 1 aliphatic heterocycles. The van der Waals surface area contributed by atoms with Crippen LogP contribution in [0.5, 0.6) is 17.2 Å². The van der Waals surface area contributed by atoms with Crippen LogP contribution in [-0.4, -0.2) is 21.3 Å². The Kier molecular flexibility index (Phi) is 4.62. The van der Waals surface area contributed by atoms with E-state index in [-0.39, 0.29) is 0 Å². The molecule has 1 atom stereocenters. The Hall–Kier alpha value is -2.62. The van der Waals surface area contributed by atoms with Gasteiger partial charge in [0.2, 0.25) is 0 Å². The summed E-state index contributed by atoms with van der Waals surface area (Å²) >= 11 is 0. The Labute approximate surface area is 149 Å². The maximum Gasteiger partial charge on any atom is 0.161 e. The number of hydrogen-bond donors (Lipinski definition) is 0. The standard InChI is InChI=1S/C21H24O4/c1-6-21(2)17-13-20(24-5)19(23-4)12-15(17)11-18(25-21)14-7-9-16(22-3)10-8-14/h7-13H,6H2,1-5H3. The summed E-state index contributed by atoms with van der Waals surface area (Å²) in [5.41, 5.74) is 2.77. The SMILES string of the molecule is CCC1(C)OC(c2ccc(OC)cc2)=Cc2cc(OC)c(OC)cc21. The van der Waals surface area contributed by atoms with Crippen molar-refractivity contribution in [3.8, 4) is 17.2 Å². The molecule has 3 rings (SSSR count). The van der Waals surface area contributed by atoms with Crippen molar-refractivity contribution < 1.29 is 18.9 Å². The fourth-order valence-electron chi connectivity index (χ4n) is 3.10. The van der Waals surface area contributed by atoms with Crippen LogP contribution in [0.4, 0.5) is 0 Å². The molecule has 0 aliphatic carbocycles. The molecule has 0 spiro atoms. The Morgan fingerprint density at radius 2 is 1.56 bits per heavy atom. The van der Waals surface area contributed by atoms with Gasteiger partial charge in [-0.05, 0) is 61.4 Å². The van der Waals surface area contributed by atoms with Crippen LogP contribution in [0.1, 0.15) is 37.0 Å². The minimum atomic E-state index is -0.432. The van der Waals surface area contributed by atoms with E-state index in [4.69, 9.17) is 18.9 Å². The van der Waals surface area contributed by atoms with Gasteiger partial charge >= 0.3 is 0 Å². The molecule has 25 heavy (non-hydrogen) atoms. The first kappa shape index (κ1) is 17.2. The van der Waals surface area contributed by atoms with Gasteiger partial charge in [0, 0.05) is 11.1 Å². The molecule has 4 heteroatoms. The first-order chi connectivity index (χ1) is 12.0. The third-order valence-corrected chi connectivity index (χ3v) is 4.80. The second-order valence-electron chi connectivity index (χ2n) is 6.22. The summed E-state index contributed by atoms with van der Waals surface area (Å²) in [4.78, 5) is 0. The van der Waals surface area contributed by atoms with Crippen LogP contribution in [0.3, 0.4) is 0 Å². The van der Waals surface area contributed by atoms with Gasteiger partial charge in [-0.15, -0.1) is 0 Å². The summed E-state index contributed by atoms with van der Waals surface area (Å²) in [5, 5.41) is 0. The fourth-order valence-corrected chi connectivity index (χ4v) is 3.10. The van der Waals surface area contributed by atoms with Crippen molar-refractivity contribution in [2.45, 2.75) is 25.9 Å². The van der Waals surface area contributed by atoms with E-state index in [1.807, 2.05) is 36.4 Å². The van der Waals surface area contributed by atoms with E-state index in [1.54, 1.807) is 21.3 Å². The molecule has 0 aromatic heterocycles. The van der Waals surface area contributed by atoms with E-state index in [0.29, 0.717) is 11.5 Å². The van der Waals surface area contributed by atoms with Crippen molar-refractivity contribution in [3.63, 3.8) is 0 Å². The monoisotopic (exact) mass is 340 g/mol. The Morgan fingerprint density at radius 3 is 2.12 bits per heavy atom. The van der Waals surface area contributed by atoms with Crippen molar-refractivity contribution in [2.24, 2.45) is 0 Å². The van der Waals surface area contributed by atoms with E-state index in [1.165, 1.54) is 0 Å². The van der Waals surface area contributed by atoms with Gasteiger partial charge in [-0.3, -0.25) is 0 Å². The Balaban J connectivity index is 2.13. The zero-order valence-corrected chi connectivity index (χ0v) is 15.4. The second kappa shape index (κ2) is 6.71. The van der Waals surface area contributed by atoms with Crippen molar-refractivity contribution >= 4 is 11.8 Å². The highest BCUT2D eigenvalue weighted by atomic mass is 16.5. The molecule has 4 nitrogen and oxygen atoms in total. The Bertz CT molecular complexity index is 792. The van der Waals surface area contributed by atoms with Gasteiger partial charge in [0.1, 0.15) is 17.1 Å². The normalized spacial score (nSPS) is 18.7. The largest absolute Gasteiger partial charge is 0.497 e. The average molecular weight is 340 g/mol. The predicted molar refractivity (Wildman–Crippen MR) is 99.1 cm³/mol. The topological polar surface area (TPSA) is 36.9 Å². The number of hydrogen-bond acceptors (Lipinski definition) is 4. The van der Waals surface area contributed by atoms with Crippen molar-refractivity contribution in [1.82, 2.24) is 0 Å². The molecule has 0 saturated carbocycles. The molecule has 0 saturated heterocycles. The maximum absolute atomic E-state index is 6.41. The van der Waals surface area contributed by atoms with Crippen molar-refractivity contribution in [3.05, 3.63) is 53.1 Å². The first-order valence-electron chi connectivity index (χ1n) is 8.36. The highest BCUT2D eigenvalue weighted by Gasteiger charge is 2.34. The molecular weight excluding hydrogens is 316 g/mol. The lowest BCUT2D eigenvalue weighted by Crippen LogP contribution is -2.28. The predicted octanol–water partition coefficient (Wildman–Crippen LogP) is 4.87. The summed E-state index contributed by atoms with van der Waals surface area (Å²) in [6.45, 7) is 4.23. The van der Waals surface area contributed by atoms with Crippen LogP contribution in [0.2, 0.25) is 0 Å². The van der Waals surface area contributed by atoms with Gasteiger partial charge in [0.25, 0.3) is 0 Å². The van der Waals surface area contributed by atoms with Crippen molar-refractivity contribution in [1.29, 1.82) is 0 Å². The van der Waals surface area contributed by atoms with Crippen LogP contribution in [0.25, 0.3) is 11.8 Å². The van der Waals surface area contributed by atoms with E-state index in [9.17, 15) is 0 Å². The lowest BCUT2D eigenvalue weighted by molar-refractivity contribution is 0.0485. The molecule has 0 amide bonds. The smallest absolute Gasteiger partial charge is 0.161 e. The van der Waals surface area contributed by atoms with Crippen LogP contribution < -0.4 is 14.2 Å². The summed E-state index contributed by atoms with van der Waals surface area (Å²) < 4.78 is 22.6. The lowest BCUT2D eigenvalue weighted by Gasteiger charge is -2.36. The quantitative estimate of drug-likeness (QED) is 0.778. The molecule has 132 valence electrons. The molecule has 2 aromatic rings. The summed E-state index contributed by atoms with van der Waals surface area (Å²) in [6.07, 6.45) is 2.89. The molecular formula is C21H24O4. The number of benzene rings is 2. The van der Waals surface area contributed by atoms with Crippen LogP contribution >= 0.6 is 0 Å². The molecule has 1 unspecified atom stereocenters. The van der Waals surface area contributed by atoms with E-state index < -0.39 is 5.60 Å². The van der Waals surface area contributed by atoms with Crippen LogP contribution in [-0.2, 0) is 10.3 Å². The molecule has 0 N–H and O–H groups in total. The van der Waals surface area contributed by atoms with Crippen molar-refractivity contribution in [2.75, 3.05) is 21.3 Å². The third kappa shape index (κ3) is 3.04. The Morgan fingerprint density at radius 1 is 0.920 bits per heavy atom. The van der Waals surface area contributed by atoms with Gasteiger partial charge in [-0.2, -0.15) is 0 Å². The summed E-state index contributed by atoms with van der Waals surface area (Å²) in [5.74, 6) is 3.09. The lowest BCUT2D eigenvalue weighted by atomic mass is 9.85. The van der Waals surface area contributed by atoms with E-state index in [2.05, 4.69) is 19.9 Å². The number of ether oxygens (including phenoxy) is 4. The molecule has 0 bridgehead atoms. The molecule has 1 heterocycles. The zero-order valence-electron chi connectivity index (χ0n) is 15.4. The fraction of sp³-hybridized carbons (Fsp3) is 0.333. The minimum absolute atomic E-state index is 0.432. The first-order valence-corrected chi connectivity index (χ1v) is 8.36. The zero-order chi connectivity index (χ0) is 18.0. The highest BCUT2D eigenvalue weighted by molar-refractivity contribution is 5.82. The van der Waals surface area contributed by atoms with Crippen LogP contribution in [0.15, 0.2) is 36.4 Å². The molecule has 2 aromatic carbocycles. The minimum Gasteiger partial charge on any atom is -0.497 e. The molecule has 1 aliphatic rings. The molecule has 0 radical (unpaired) electrons. The van der Waals surface area contributed by atoms with Gasteiger partial charge < -0.3 is 18.9 Å². The second-order valence-corrected chi connectivity index (χ2v) is 6.22. The summed E-state index contributed by atoms with van der Waals surface area (Å²) in [6, 6.07) is 11.9. The average Bonchev–Trinajstić information content (AvgIpc) is 2.66. The third-order valence-electron chi connectivity index (χ3n) is 4.80.